The third kappa shape index (κ3) is 2.14. The van der Waals surface area contributed by atoms with Crippen LogP contribution in [0.15, 0.2) is 18.2 Å². The van der Waals surface area contributed by atoms with E-state index in [1.54, 1.807) is 0 Å². The second-order valence-corrected chi connectivity index (χ2v) is 4.48. The van der Waals surface area contributed by atoms with Gasteiger partial charge in [-0.15, -0.1) is 0 Å². The maximum Gasteiger partial charge on any atom is 0.310 e. The summed E-state index contributed by atoms with van der Waals surface area (Å²) in [6.07, 6.45) is 1.63. The molecule has 0 heterocycles. The molecule has 92 valence electrons. The molecule has 0 bridgehead atoms. The van der Waals surface area contributed by atoms with Gasteiger partial charge < -0.3 is 10.0 Å². The van der Waals surface area contributed by atoms with Crippen molar-refractivity contribution in [3.05, 3.63) is 29.3 Å². The van der Waals surface area contributed by atoms with Crippen LogP contribution in [-0.2, 0) is 11.2 Å². The number of anilines is 1. The average Bonchev–Trinajstić information content (AvgIpc) is 2.73. The lowest BCUT2D eigenvalue weighted by atomic mass is 10.0. The Bertz CT molecular complexity index is 424. The van der Waals surface area contributed by atoms with E-state index in [1.165, 1.54) is 11.3 Å². The first kappa shape index (κ1) is 12.0. The number of nitrogens with zero attached hydrogens (tertiary/aromatic N) is 1. The van der Waals surface area contributed by atoms with Crippen LogP contribution in [-0.4, -0.2) is 24.2 Å². The van der Waals surface area contributed by atoms with Crippen molar-refractivity contribution in [3.8, 4) is 0 Å². The summed E-state index contributed by atoms with van der Waals surface area (Å²) in [6.45, 7) is 6.24. The van der Waals surface area contributed by atoms with Gasteiger partial charge >= 0.3 is 5.97 Å². The highest BCUT2D eigenvalue weighted by Gasteiger charge is 2.28. The van der Waals surface area contributed by atoms with Gasteiger partial charge in [-0.1, -0.05) is 6.07 Å². The number of hydrogen-bond acceptors (Lipinski definition) is 2. The SMILES string of the molecule is CCN(CC)c1ccc2c(c1)CCC2C(=O)O. The van der Waals surface area contributed by atoms with Crippen molar-refractivity contribution in [2.24, 2.45) is 0 Å². The molecule has 2 rings (SSSR count). The number of rotatable bonds is 4. The van der Waals surface area contributed by atoms with Gasteiger partial charge in [0.1, 0.15) is 0 Å². The van der Waals surface area contributed by atoms with Crippen molar-refractivity contribution in [2.45, 2.75) is 32.6 Å². The summed E-state index contributed by atoms with van der Waals surface area (Å²) in [4.78, 5) is 13.4. The Labute approximate surface area is 102 Å². The summed E-state index contributed by atoms with van der Waals surface area (Å²) in [5, 5.41) is 9.12. The predicted octanol–water partition coefficient (Wildman–Crippen LogP) is 2.65. The summed E-state index contributed by atoms with van der Waals surface area (Å²) >= 11 is 0. The number of aliphatic carboxylic acids is 1. The van der Waals surface area contributed by atoms with Crippen molar-refractivity contribution in [3.63, 3.8) is 0 Å². The molecule has 1 aliphatic carbocycles. The Balaban J connectivity index is 2.31. The van der Waals surface area contributed by atoms with E-state index < -0.39 is 5.97 Å². The molecule has 0 amide bonds. The number of benzene rings is 1. The van der Waals surface area contributed by atoms with E-state index in [-0.39, 0.29) is 5.92 Å². The normalized spacial score (nSPS) is 17.9. The zero-order valence-corrected chi connectivity index (χ0v) is 10.4. The lowest BCUT2D eigenvalue weighted by Gasteiger charge is -2.22. The summed E-state index contributed by atoms with van der Waals surface area (Å²) in [7, 11) is 0. The second kappa shape index (κ2) is 4.78. The molecule has 3 heteroatoms. The van der Waals surface area contributed by atoms with Crippen LogP contribution in [0.5, 0.6) is 0 Å². The molecule has 1 aliphatic rings. The fourth-order valence-electron chi connectivity index (χ4n) is 2.65. The largest absolute Gasteiger partial charge is 0.481 e. The quantitative estimate of drug-likeness (QED) is 0.869. The second-order valence-electron chi connectivity index (χ2n) is 4.48. The number of carbonyl (C=O) groups is 1. The minimum Gasteiger partial charge on any atom is -0.481 e. The first-order valence-corrected chi connectivity index (χ1v) is 6.28. The molecule has 0 saturated carbocycles. The standard InChI is InChI=1S/C14H19NO2/c1-3-15(4-2)11-6-8-12-10(9-11)5-7-13(12)14(16)17/h6,8-9,13H,3-5,7H2,1-2H3,(H,16,17). The molecule has 1 unspecified atom stereocenters. The fraction of sp³-hybridized carbons (Fsp3) is 0.500. The maximum absolute atomic E-state index is 11.1. The van der Waals surface area contributed by atoms with Crippen LogP contribution in [0.2, 0.25) is 0 Å². The Morgan fingerprint density at radius 3 is 2.71 bits per heavy atom. The molecule has 0 saturated heterocycles. The molecular formula is C14H19NO2. The third-order valence-electron chi connectivity index (χ3n) is 3.63. The Morgan fingerprint density at radius 1 is 1.41 bits per heavy atom. The van der Waals surface area contributed by atoms with Gasteiger partial charge in [-0.05, 0) is 49.9 Å². The van der Waals surface area contributed by atoms with Crippen molar-refractivity contribution in [1.29, 1.82) is 0 Å². The number of hydrogen-bond donors (Lipinski definition) is 1. The molecule has 1 aromatic carbocycles. The first-order chi connectivity index (χ1) is 8.17. The van der Waals surface area contributed by atoms with Crippen LogP contribution < -0.4 is 4.90 Å². The minimum atomic E-state index is -0.695. The van der Waals surface area contributed by atoms with Gasteiger partial charge in [0.15, 0.2) is 0 Å². The lowest BCUT2D eigenvalue weighted by molar-refractivity contribution is -0.138. The molecule has 17 heavy (non-hydrogen) atoms. The molecule has 1 N–H and O–H groups in total. The molecule has 3 nitrogen and oxygen atoms in total. The van der Waals surface area contributed by atoms with Crippen molar-refractivity contribution < 1.29 is 9.90 Å². The molecule has 0 fully saturated rings. The Kier molecular flexibility index (Phi) is 3.36. The predicted molar refractivity (Wildman–Crippen MR) is 68.7 cm³/mol. The highest BCUT2D eigenvalue weighted by atomic mass is 16.4. The molecule has 0 aromatic heterocycles. The molecule has 0 radical (unpaired) electrons. The smallest absolute Gasteiger partial charge is 0.310 e. The van der Waals surface area contributed by atoms with Crippen LogP contribution in [0.1, 0.15) is 37.3 Å². The highest BCUT2D eigenvalue weighted by Crippen LogP contribution is 2.35. The number of carboxylic acid groups (broad SMARTS) is 1. The summed E-state index contributed by atoms with van der Waals surface area (Å²) in [5.41, 5.74) is 3.43. The van der Waals surface area contributed by atoms with Gasteiger partial charge in [-0.25, -0.2) is 0 Å². The topological polar surface area (TPSA) is 40.5 Å². The van der Waals surface area contributed by atoms with Gasteiger partial charge in [-0.3, -0.25) is 4.79 Å². The first-order valence-electron chi connectivity index (χ1n) is 6.28. The monoisotopic (exact) mass is 233 g/mol. The lowest BCUT2D eigenvalue weighted by Crippen LogP contribution is -2.21. The van der Waals surface area contributed by atoms with Crippen LogP contribution in [0.3, 0.4) is 0 Å². The van der Waals surface area contributed by atoms with Gasteiger partial charge in [0.25, 0.3) is 0 Å². The van der Waals surface area contributed by atoms with Crippen LogP contribution in [0.4, 0.5) is 5.69 Å². The molecule has 1 aromatic rings. The van der Waals surface area contributed by atoms with E-state index in [1.807, 2.05) is 12.1 Å². The molecule has 0 spiro atoms. The van der Waals surface area contributed by atoms with E-state index in [9.17, 15) is 4.79 Å². The van der Waals surface area contributed by atoms with Gasteiger partial charge in [0, 0.05) is 18.8 Å². The van der Waals surface area contributed by atoms with Crippen molar-refractivity contribution in [1.82, 2.24) is 0 Å². The van der Waals surface area contributed by atoms with E-state index in [0.717, 1.165) is 31.5 Å². The number of carboxylic acids is 1. The van der Waals surface area contributed by atoms with Gasteiger partial charge in [-0.2, -0.15) is 0 Å². The van der Waals surface area contributed by atoms with E-state index in [4.69, 9.17) is 5.11 Å². The van der Waals surface area contributed by atoms with Crippen molar-refractivity contribution in [2.75, 3.05) is 18.0 Å². The maximum atomic E-state index is 11.1. The Hall–Kier alpha value is -1.51. The van der Waals surface area contributed by atoms with Crippen LogP contribution in [0, 0.1) is 0 Å². The van der Waals surface area contributed by atoms with E-state index in [2.05, 4.69) is 24.8 Å². The van der Waals surface area contributed by atoms with E-state index >= 15 is 0 Å². The number of aryl methyl sites for hydroxylation is 1. The molecular weight excluding hydrogens is 214 g/mol. The number of fused-ring (bicyclic) bond motifs is 1. The Morgan fingerprint density at radius 2 is 2.12 bits per heavy atom. The van der Waals surface area contributed by atoms with Crippen LogP contribution in [0.25, 0.3) is 0 Å². The summed E-state index contributed by atoms with van der Waals surface area (Å²) in [6, 6.07) is 6.20. The average molecular weight is 233 g/mol. The highest BCUT2D eigenvalue weighted by molar-refractivity contribution is 5.78. The van der Waals surface area contributed by atoms with Crippen LogP contribution >= 0.6 is 0 Å². The van der Waals surface area contributed by atoms with Gasteiger partial charge in [0.2, 0.25) is 0 Å². The zero-order valence-electron chi connectivity index (χ0n) is 10.4. The zero-order chi connectivity index (χ0) is 12.4. The summed E-state index contributed by atoms with van der Waals surface area (Å²) in [5.74, 6) is -0.991. The van der Waals surface area contributed by atoms with Gasteiger partial charge in [0.05, 0.1) is 5.92 Å². The summed E-state index contributed by atoms with van der Waals surface area (Å²) < 4.78 is 0. The third-order valence-corrected chi connectivity index (χ3v) is 3.63. The minimum absolute atomic E-state index is 0.296. The fourth-order valence-corrected chi connectivity index (χ4v) is 2.65. The molecule has 1 atom stereocenters. The molecule has 0 aliphatic heterocycles. The van der Waals surface area contributed by atoms with E-state index in [0.29, 0.717) is 0 Å². The van der Waals surface area contributed by atoms with Crippen molar-refractivity contribution >= 4 is 11.7 Å².